The quantitative estimate of drug-likeness (QED) is 0.294. The van der Waals surface area contributed by atoms with Gasteiger partial charge in [-0.25, -0.2) is 4.99 Å². The lowest BCUT2D eigenvalue weighted by Crippen LogP contribution is -2.48. The summed E-state index contributed by atoms with van der Waals surface area (Å²) in [5, 5.41) is 9.26. The number of rotatable bonds is 7. The molecule has 0 aromatic heterocycles. The summed E-state index contributed by atoms with van der Waals surface area (Å²) in [4.78, 5) is 19.1. The minimum absolute atomic E-state index is 0. The zero-order chi connectivity index (χ0) is 20.4. The molecule has 1 fully saturated rings. The lowest BCUT2D eigenvalue weighted by molar-refractivity contribution is -0.121. The Bertz CT molecular complexity index is 655. The maximum absolute atomic E-state index is 12.0. The van der Waals surface area contributed by atoms with E-state index in [1.54, 1.807) is 0 Å². The van der Waals surface area contributed by atoms with E-state index in [0.29, 0.717) is 12.5 Å². The van der Waals surface area contributed by atoms with Crippen LogP contribution in [0.25, 0.3) is 0 Å². The Morgan fingerprint density at radius 3 is 2.41 bits per heavy atom. The van der Waals surface area contributed by atoms with Gasteiger partial charge in [-0.2, -0.15) is 0 Å². The maximum atomic E-state index is 12.0. The molecule has 0 atom stereocenters. The molecule has 29 heavy (non-hydrogen) atoms. The number of guanidine groups is 1. The number of hydrogen-bond donors (Lipinski definition) is 3. The average Bonchev–Trinajstić information content (AvgIpc) is 2.64. The molecule has 1 aliphatic rings. The summed E-state index contributed by atoms with van der Waals surface area (Å²) < 4.78 is 5.44. The Morgan fingerprint density at radius 2 is 1.79 bits per heavy atom. The lowest BCUT2D eigenvalue weighted by atomic mass is 10.1. The molecule has 0 saturated carbocycles. The van der Waals surface area contributed by atoms with Gasteiger partial charge in [0.25, 0.3) is 0 Å². The largest absolute Gasteiger partial charge is 0.379 e. The normalized spacial score (nSPS) is 15.4. The zero-order valence-corrected chi connectivity index (χ0v) is 20.4. The summed E-state index contributed by atoms with van der Waals surface area (Å²) in [6.45, 7) is 13.8. The number of ether oxygens (including phenoxy) is 1. The van der Waals surface area contributed by atoms with Crippen LogP contribution in [-0.4, -0.2) is 61.7 Å². The highest BCUT2D eigenvalue weighted by Gasteiger charge is 2.14. The van der Waals surface area contributed by atoms with Crippen LogP contribution in [0.4, 0.5) is 0 Å². The van der Waals surface area contributed by atoms with Crippen LogP contribution < -0.4 is 16.0 Å². The molecule has 0 spiro atoms. The van der Waals surface area contributed by atoms with E-state index in [1.807, 2.05) is 33.8 Å². The summed E-state index contributed by atoms with van der Waals surface area (Å²) in [5.74, 6) is 0.596. The first-order valence-electron chi connectivity index (χ1n) is 10.1. The number of nitrogens with zero attached hydrogens (tertiary/aromatic N) is 2. The molecule has 3 N–H and O–H groups in total. The maximum Gasteiger partial charge on any atom is 0.239 e. The van der Waals surface area contributed by atoms with Crippen molar-refractivity contribution in [2.45, 2.75) is 46.3 Å². The number of aliphatic imine (C=N–C) groups is 1. The van der Waals surface area contributed by atoms with E-state index in [2.05, 4.69) is 44.0 Å². The highest BCUT2D eigenvalue weighted by molar-refractivity contribution is 14.0. The Hall–Kier alpha value is -1.39. The van der Waals surface area contributed by atoms with Crippen molar-refractivity contribution in [3.8, 4) is 0 Å². The van der Waals surface area contributed by atoms with Crippen molar-refractivity contribution < 1.29 is 9.53 Å². The molecule has 1 aromatic rings. The smallest absolute Gasteiger partial charge is 0.239 e. The molecule has 8 heteroatoms. The standard InChI is InChI=1S/C21H35N5O2.HI/c1-5-22-20(24-15-19(27)25-21(2,3)4)23-14-17-8-6-7-9-18(17)16-26-10-12-28-13-11-26;/h6-9H,5,10-16H2,1-4H3,(H,25,27)(H2,22,23,24);1H. The average molecular weight is 517 g/mol. The number of carbonyl (C=O) groups is 1. The third-order valence-electron chi connectivity index (χ3n) is 4.30. The molecule has 7 nitrogen and oxygen atoms in total. The molecule has 1 amide bonds. The monoisotopic (exact) mass is 517 g/mol. The third-order valence-corrected chi connectivity index (χ3v) is 4.30. The van der Waals surface area contributed by atoms with Crippen LogP contribution in [0.15, 0.2) is 29.3 Å². The topological polar surface area (TPSA) is 78.0 Å². The van der Waals surface area contributed by atoms with Gasteiger partial charge in [-0.05, 0) is 38.8 Å². The van der Waals surface area contributed by atoms with Gasteiger partial charge in [0.1, 0.15) is 0 Å². The lowest BCUT2D eigenvalue weighted by Gasteiger charge is -2.27. The van der Waals surface area contributed by atoms with Gasteiger partial charge in [-0.3, -0.25) is 9.69 Å². The van der Waals surface area contributed by atoms with Crippen molar-refractivity contribution in [1.29, 1.82) is 0 Å². The van der Waals surface area contributed by atoms with Crippen LogP contribution in [0.1, 0.15) is 38.8 Å². The molecule has 1 aliphatic heterocycles. The molecule has 0 aliphatic carbocycles. The first-order valence-corrected chi connectivity index (χ1v) is 10.1. The molecule has 0 bridgehead atoms. The molecule has 2 rings (SSSR count). The van der Waals surface area contributed by atoms with Crippen molar-refractivity contribution in [3.63, 3.8) is 0 Å². The fourth-order valence-electron chi connectivity index (χ4n) is 3.00. The van der Waals surface area contributed by atoms with Crippen LogP contribution in [0, 0.1) is 0 Å². The van der Waals surface area contributed by atoms with E-state index in [9.17, 15) is 4.79 Å². The second-order valence-electron chi connectivity index (χ2n) is 8.00. The second-order valence-corrected chi connectivity index (χ2v) is 8.00. The predicted octanol–water partition coefficient (Wildman–Crippen LogP) is 2.11. The summed E-state index contributed by atoms with van der Waals surface area (Å²) >= 11 is 0. The Kier molecular flexibility index (Phi) is 11.5. The van der Waals surface area contributed by atoms with E-state index in [-0.39, 0.29) is 42.0 Å². The summed E-state index contributed by atoms with van der Waals surface area (Å²) in [6, 6.07) is 8.40. The first-order chi connectivity index (χ1) is 13.4. The van der Waals surface area contributed by atoms with Gasteiger partial charge >= 0.3 is 0 Å². The third kappa shape index (κ3) is 10.3. The van der Waals surface area contributed by atoms with Gasteiger partial charge in [0.05, 0.1) is 26.3 Å². The van der Waals surface area contributed by atoms with Crippen LogP contribution in [-0.2, 0) is 22.6 Å². The van der Waals surface area contributed by atoms with Gasteiger partial charge < -0.3 is 20.7 Å². The molecular formula is C21H36IN5O2. The number of benzene rings is 1. The van der Waals surface area contributed by atoms with Crippen LogP contribution >= 0.6 is 24.0 Å². The SMILES string of the molecule is CCNC(=NCc1ccccc1CN1CCOCC1)NCC(=O)NC(C)(C)C.I. The van der Waals surface area contributed by atoms with E-state index in [4.69, 9.17) is 4.74 Å². The Morgan fingerprint density at radius 1 is 1.14 bits per heavy atom. The number of hydrogen-bond acceptors (Lipinski definition) is 4. The molecule has 1 aromatic carbocycles. The van der Waals surface area contributed by atoms with Gasteiger partial charge in [-0.1, -0.05) is 24.3 Å². The zero-order valence-electron chi connectivity index (χ0n) is 18.1. The number of morpholine rings is 1. The fourth-order valence-corrected chi connectivity index (χ4v) is 3.00. The number of carbonyl (C=O) groups excluding carboxylic acids is 1. The number of amides is 1. The van der Waals surface area contributed by atoms with Crippen molar-refractivity contribution in [1.82, 2.24) is 20.9 Å². The van der Waals surface area contributed by atoms with Gasteiger partial charge in [0.2, 0.25) is 5.91 Å². The molecule has 1 heterocycles. The molecule has 1 saturated heterocycles. The first kappa shape index (κ1) is 25.6. The number of halogens is 1. The summed E-state index contributed by atoms with van der Waals surface area (Å²) in [7, 11) is 0. The van der Waals surface area contributed by atoms with Crippen molar-refractivity contribution >= 4 is 35.8 Å². The van der Waals surface area contributed by atoms with Crippen molar-refractivity contribution in [2.75, 3.05) is 39.4 Å². The Labute approximate surface area is 192 Å². The van der Waals surface area contributed by atoms with Gasteiger partial charge in [0, 0.05) is 31.7 Å². The van der Waals surface area contributed by atoms with Crippen LogP contribution in [0.3, 0.4) is 0 Å². The fraction of sp³-hybridized carbons (Fsp3) is 0.619. The van der Waals surface area contributed by atoms with E-state index >= 15 is 0 Å². The molecule has 164 valence electrons. The van der Waals surface area contributed by atoms with Crippen molar-refractivity contribution in [3.05, 3.63) is 35.4 Å². The van der Waals surface area contributed by atoms with Crippen LogP contribution in [0.2, 0.25) is 0 Å². The van der Waals surface area contributed by atoms with Crippen LogP contribution in [0.5, 0.6) is 0 Å². The molecular weight excluding hydrogens is 481 g/mol. The van der Waals surface area contributed by atoms with Gasteiger partial charge in [0.15, 0.2) is 5.96 Å². The minimum Gasteiger partial charge on any atom is -0.379 e. The minimum atomic E-state index is -0.243. The Balaban J connectivity index is 0.00000420. The summed E-state index contributed by atoms with van der Waals surface area (Å²) in [5.41, 5.74) is 2.24. The second kappa shape index (κ2) is 13.0. The van der Waals surface area contributed by atoms with Crippen molar-refractivity contribution in [2.24, 2.45) is 4.99 Å². The number of nitrogens with one attached hydrogen (secondary N) is 3. The molecule has 0 unspecified atom stereocenters. The molecule has 0 radical (unpaired) electrons. The predicted molar refractivity (Wildman–Crippen MR) is 129 cm³/mol. The summed E-state index contributed by atoms with van der Waals surface area (Å²) in [6.07, 6.45) is 0. The van der Waals surface area contributed by atoms with Gasteiger partial charge in [-0.15, -0.1) is 24.0 Å². The van der Waals surface area contributed by atoms with E-state index in [1.165, 1.54) is 11.1 Å². The highest BCUT2D eigenvalue weighted by atomic mass is 127. The van der Waals surface area contributed by atoms with E-state index < -0.39 is 0 Å². The van der Waals surface area contributed by atoms with E-state index in [0.717, 1.165) is 39.4 Å². The highest BCUT2D eigenvalue weighted by Crippen LogP contribution is 2.14.